The van der Waals surface area contributed by atoms with E-state index in [9.17, 15) is 35.9 Å². The van der Waals surface area contributed by atoms with Crippen molar-refractivity contribution in [3.63, 3.8) is 0 Å². The van der Waals surface area contributed by atoms with Crippen LogP contribution in [0.4, 0.5) is 26.3 Å². The molecule has 2 aromatic carbocycles. The van der Waals surface area contributed by atoms with Crippen LogP contribution < -0.4 is 25.6 Å². The van der Waals surface area contributed by atoms with Crippen LogP contribution in [0.25, 0.3) is 22.1 Å². The third-order valence-electron chi connectivity index (χ3n) is 6.61. The van der Waals surface area contributed by atoms with Crippen LogP contribution in [0, 0.1) is 17.8 Å². The summed E-state index contributed by atoms with van der Waals surface area (Å²) in [5, 5.41) is 0.240. The molecule has 0 fully saturated rings. The van der Waals surface area contributed by atoms with E-state index in [1.54, 1.807) is 27.7 Å². The number of alkyl halides is 6. The van der Waals surface area contributed by atoms with Crippen molar-refractivity contribution in [3.8, 4) is 28.4 Å². The molecule has 44 heavy (non-hydrogen) atoms. The second-order valence-electron chi connectivity index (χ2n) is 11.3. The van der Waals surface area contributed by atoms with Crippen molar-refractivity contribution in [3.05, 3.63) is 52.9 Å². The first-order chi connectivity index (χ1) is 20.3. The molecule has 14 heteroatoms. The Kier molecular flexibility index (Phi) is 10.5. The van der Waals surface area contributed by atoms with E-state index in [-0.39, 0.29) is 45.9 Å². The first-order valence-corrected chi connectivity index (χ1v) is 13.4. The van der Waals surface area contributed by atoms with E-state index >= 15 is 0 Å². The zero-order chi connectivity index (χ0) is 33.0. The number of rotatable bonds is 12. The van der Waals surface area contributed by atoms with Gasteiger partial charge >= 0.3 is 24.1 Å². The van der Waals surface area contributed by atoms with Gasteiger partial charge in [0.2, 0.25) is 0 Å². The number of hydrogen-bond donors (Lipinski definition) is 1. The van der Waals surface area contributed by atoms with E-state index < -0.39 is 60.5 Å². The van der Waals surface area contributed by atoms with Crippen LogP contribution in [-0.4, -0.2) is 44.4 Å². The fourth-order valence-electron chi connectivity index (χ4n) is 4.31. The lowest BCUT2D eigenvalue weighted by Crippen LogP contribution is -2.40. The van der Waals surface area contributed by atoms with Crippen molar-refractivity contribution >= 4 is 16.9 Å². The second kappa shape index (κ2) is 13.4. The molecule has 0 aliphatic rings. The van der Waals surface area contributed by atoms with Gasteiger partial charge < -0.3 is 29.1 Å². The van der Waals surface area contributed by atoms with Gasteiger partial charge in [0.05, 0.1) is 18.6 Å². The van der Waals surface area contributed by atoms with Gasteiger partial charge in [-0.05, 0) is 56.5 Å². The number of carbonyl (C=O) groups excluding carboxylic acids is 1. The molecule has 0 bridgehead atoms. The van der Waals surface area contributed by atoms with Crippen LogP contribution in [0.3, 0.4) is 0 Å². The monoisotopic (exact) mass is 633 g/mol. The largest absolute Gasteiger partial charge is 0.573 e. The molecular formula is C30H33F6NO7. The highest BCUT2D eigenvalue weighted by atomic mass is 19.4. The molecule has 1 heterocycles. The van der Waals surface area contributed by atoms with Gasteiger partial charge in [0.25, 0.3) is 0 Å². The van der Waals surface area contributed by atoms with E-state index in [4.69, 9.17) is 24.4 Å². The first kappa shape index (κ1) is 34.5. The molecule has 242 valence electrons. The van der Waals surface area contributed by atoms with Gasteiger partial charge in [-0.15, -0.1) is 13.2 Å². The summed E-state index contributed by atoms with van der Waals surface area (Å²) >= 11 is 0. The number of benzene rings is 2. The minimum absolute atomic E-state index is 0.0474. The number of esters is 1. The van der Waals surface area contributed by atoms with Gasteiger partial charge in [-0.25, -0.2) is 4.79 Å². The number of methoxy groups -OCH3 is 1. The lowest BCUT2D eigenvalue weighted by Gasteiger charge is -2.28. The van der Waals surface area contributed by atoms with Crippen LogP contribution >= 0.6 is 0 Å². The number of fused-ring (bicyclic) bond motifs is 1. The van der Waals surface area contributed by atoms with Crippen LogP contribution in [0.2, 0.25) is 0 Å². The highest BCUT2D eigenvalue weighted by molar-refractivity contribution is 5.84. The Balaban J connectivity index is 1.81. The van der Waals surface area contributed by atoms with E-state index in [1.807, 2.05) is 0 Å². The van der Waals surface area contributed by atoms with E-state index in [0.717, 1.165) is 6.07 Å². The summed E-state index contributed by atoms with van der Waals surface area (Å²) in [7, 11) is 1.24. The molecule has 0 amide bonds. The third kappa shape index (κ3) is 9.53. The van der Waals surface area contributed by atoms with Crippen molar-refractivity contribution in [2.75, 3.05) is 20.3 Å². The quantitative estimate of drug-likeness (QED) is 0.131. The summed E-state index contributed by atoms with van der Waals surface area (Å²) in [5.41, 5.74) is 3.64. The normalized spacial score (nSPS) is 13.9. The van der Waals surface area contributed by atoms with Crippen molar-refractivity contribution in [1.82, 2.24) is 0 Å². The maximum Gasteiger partial charge on any atom is 0.573 e. The zero-order valence-corrected chi connectivity index (χ0v) is 24.6. The molecule has 3 rings (SSSR count). The molecule has 0 saturated carbocycles. The van der Waals surface area contributed by atoms with Gasteiger partial charge in [-0.3, -0.25) is 4.79 Å². The minimum Gasteiger partial charge on any atom is -0.497 e. The molecule has 2 unspecified atom stereocenters. The van der Waals surface area contributed by atoms with Crippen molar-refractivity contribution in [2.24, 2.45) is 23.5 Å². The van der Waals surface area contributed by atoms with Crippen molar-refractivity contribution < 1.29 is 54.5 Å². The number of carbonyl (C=O) groups is 1. The van der Waals surface area contributed by atoms with Crippen LogP contribution in [0.1, 0.15) is 34.1 Å². The Morgan fingerprint density at radius 3 is 2.16 bits per heavy atom. The average Bonchev–Trinajstić information content (AvgIpc) is 2.89. The Bertz CT molecular complexity index is 1510. The van der Waals surface area contributed by atoms with E-state index in [2.05, 4.69) is 4.74 Å². The summed E-state index contributed by atoms with van der Waals surface area (Å²) in [6, 6.07) is 8.55. The maximum atomic E-state index is 13.8. The Morgan fingerprint density at radius 2 is 1.59 bits per heavy atom. The van der Waals surface area contributed by atoms with Crippen LogP contribution in [0.5, 0.6) is 17.2 Å². The van der Waals surface area contributed by atoms with E-state index in [1.165, 1.54) is 43.5 Å². The van der Waals surface area contributed by atoms with Gasteiger partial charge in [0, 0.05) is 28.6 Å². The standard InChI is InChI=1S/C30H33F6NO7/c1-16(2)23(13-28(3,4)37)26(38)42-15-18(29(31,32)33)14-41-20-7-6-17-10-22(27(39)43-24(17)12-20)21-9-8-19(40-5)11-25(21)44-30(34,35)36/h6-12,16,18,23H,13-15,37H2,1-5H3. The summed E-state index contributed by atoms with van der Waals surface area (Å²) < 4.78 is 105. The Morgan fingerprint density at radius 1 is 0.932 bits per heavy atom. The molecule has 0 spiro atoms. The van der Waals surface area contributed by atoms with Gasteiger partial charge in [-0.2, -0.15) is 13.2 Å². The predicted octanol–water partition coefficient (Wildman–Crippen LogP) is 6.87. The lowest BCUT2D eigenvalue weighted by atomic mass is 9.84. The average molecular weight is 634 g/mol. The molecular weight excluding hydrogens is 600 g/mol. The fraction of sp³-hybridized carbons (Fsp3) is 0.467. The number of halogens is 6. The Labute approximate surface area is 249 Å². The second-order valence-corrected chi connectivity index (χ2v) is 11.3. The Hall–Kier alpha value is -3.94. The molecule has 0 radical (unpaired) electrons. The molecule has 2 N–H and O–H groups in total. The minimum atomic E-state index is -5.06. The number of hydrogen-bond acceptors (Lipinski definition) is 8. The fourth-order valence-corrected chi connectivity index (χ4v) is 4.31. The summed E-state index contributed by atoms with van der Waals surface area (Å²) in [6.45, 7) is 5.00. The van der Waals surface area contributed by atoms with E-state index in [0.29, 0.717) is 0 Å². The molecule has 0 saturated heterocycles. The molecule has 8 nitrogen and oxygen atoms in total. The van der Waals surface area contributed by atoms with Crippen LogP contribution in [-0.2, 0) is 9.53 Å². The topological polar surface area (TPSA) is 110 Å². The smallest absolute Gasteiger partial charge is 0.497 e. The summed E-state index contributed by atoms with van der Waals surface area (Å²) in [4.78, 5) is 25.4. The van der Waals surface area contributed by atoms with Crippen molar-refractivity contribution in [2.45, 2.75) is 52.2 Å². The maximum absolute atomic E-state index is 13.8. The summed E-state index contributed by atoms with van der Waals surface area (Å²) in [6.07, 6.45) is -9.61. The summed E-state index contributed by atoms with van der Waals surface area (Å²) in [5.74, 6) is -4.63. The number of nitrogens with two attached hydrogens (primary N) is 1. The molecule has 3 aromatic rings. The zero-order valence-electron chi connectivity index (χ0n) is 24.6. The lowest BCUT2D eigenvalue weighted by molar-refractivity contribution is -0.274. The number of ether oxygens (including phenoxy) is 4. The molecule has 2 atom stereocenters. The van der Waals surface area contributed by atoms with Gasteiger partial charge in [0.1, 0.15) is 42.0 Å². The molecule has 1 aromatic heterocycles. The van der Waals surface area contributed by atoms with Gasteiger partial charge in [-0.1, -0.05) is 13.8 Å². The van der Waals surface area contributed by atoms with Crippen molar-refractivity contribution in [1.29, 1.82) is 0 Å². The highest BCUT2D eigenvalue weighted by Gasteiger charge is 2.42. The SMILES string of the molecule is COc1ccc(-c2cc3ccc(OCC(COC(=O)C(CC(C)(C)N)C(C)C)C(F)(F)F)cc3oc2=O)c(OC(F)(F)F)c1. The molecule has 0 aliphatic carbocycles. The third-order valence-corrected chi connectivity index (χ3v) is 6.61. The molecule has 0 aliphatic heterocycles. The predicted molar refractivity (Wildman–Crippen MR) is 148 cm³/mol. The first-order valence-electron chi connectivity index (χ1n) is 13.4. The van der Waals surface area contributed by atoms with Crippen LogP contribution in [0.15, 0.2) is 51.7 Å². The van der Waals surface area contributed by atoms with Gasteiger partial charge in [0.15, 0.2) is 0 Å². The highest BCUT2D eigenvalue weighted by Crippen LogP contribution is 2.37.